The normalized spacial score (nSPS) is 14.0. The van der Waals surface area contributed by atoms with E-state index in [1.54, 1.807) is 7.05 Å². The summed E-state index contributed by atoms with van der Waals surface area (Å²) in [6.45, 7) is 3.99. The van der Waals surface area contributed by atoms with Crippen molar-refractivity contribution in [2.45, 2.75) is 6.54 Å². The minimum absolute atomic E-state index is 0. The quantitative estimate of drug-likeness (QED) is 0.362. The zero-order valence-electron chi connectivity index (χ0n) is 17.1. The van der Waals surface area contributed by atoms with Crippen molar-refractivity contribution >= 4 is 47.4 Å². The van der Waals surface area contributed by atoms with E-state index in [0.717, 1.165) is 43.4 Å². The van der Waals surface area contributed by atoms with Gasteiger partial charge in [-0.05, 0) is 42.0 Å². The molecule has 1 saturated heterocycles. The van der Waals surface area contributed by atoms with E-state index in [1.165, 1.54) is 19.2 Å². The second-order valence-corrected chi connectivity index (χ2v) is 6.66. The van der Waals surface area contributed by atoms with E-state index in [0.29, 0.717) is 12.2 Å². The Labute approximate surface area is 193 Å². The Morgan fingerprint density at radius 1 is 1.07 bits per heavy atom. The van der Waals surface area contributed by atoms with Crippen LogP contribution >= 0.6 is 24.0 Å². The number of anilines is 2. The highest BCUT2D eigenvalue weighted by atomic mass is 127. The molecule has 0 atom stereocenters. The van der Waals surface area contributed by atoms with Crippen LogP contribution in [-0.2, 0) is 11.3 Å². The van der Waals surface area contributed by atoms with Crippen molar-refractivity contribution < 1.29 is 13.9 Å². The van der Waals surface area contributed by atoms with E-state index in [4.69, 9.17) is 0 Å². The summed E-state index contributed by atoms with van der Waals surface area (Å²) in [4.78, 5) is 20.1. The zero-order valence-corrected chi connectivity index (χ0v) is 19.4. The fraction of sp³-hybridized carbons (Fsp3) is 0.333. The highest BCUT2D eigenvalue weighted by molar-refractivity contribution is 14.0. The average molecular weight is 527 g/mol. The summed E-state index contributed by atoms with van der Waals surface area (Å²) in [5.41, 5.74) is 2.79. The molecule has 0 saturated carbocycles. The van der Waals surface area contributed by atoms with Crippen LogP contribution in [0.2, 0.25) is 0 Å². The molecular weight excluding hydrogens is 500 g/mol. The van der Waals surface area contributed by atoms with Crippen LogP contribution in [-0.4, -0.2) is 57.3 Å². The first kappa shape index (κ1) is 23.7. The first-order valence-electron chi connectivity index (χ1n) is 9.49. The number of guanidine groups is 1. The lowest BCUT2D eigenvalue weighted by molar-refractivity contribution is 0.187. The molecule has 0 spiro atoms. The number of benzene rings is 2. The Balaban J connectivity index is 0.00000320. The molecule has 0 bridgehead atoms. The topological polar surface area (TPSA) is 69.2 Å². The van der Waals surface area contributed by atoms with E-state index < -0.39 is 6.09 Å². The van der Waals surface area contributed by atoms with Crippen LogP contribution in [0.25, 0.3) is 0 Å². The second kappa shape index (κ2) is 11.6. The molecule has 0 aliphatic carbocycles. The molecule has 30 heavy (non-hydrogen) atoms. The summed E-state index contributed by atoms with van der Waals surface area (Å²) >= 11 is 0. The lowest BCUT2D eigenvalue weighted by Gasteiger charge is -2.37. The molecule has 1 fully saturated rings. The number of piperazine rings is 1. The summed E-state index contributed by atoms with van der Waals surface area (Å²) in [5, 5.41) is 6.01. The van der Waals surface area contributed by atoms with Crippen LogP contribution < -0.4 is 15.5 Å². The number of halogens is 2. The molecule has 1 aliphatic rings. The molecule has 162 valence electrons. The van der Waals surface area contributed by atoms with Crippen molar-refractivity contribution in [1.29, 1.82) is 0 Å². The van der Waals surface area contributed by atoms with Gasteiger partial charge in [0.1, 0.15) is 5.82 Å². The molecule has 3 rings (SSSR count). The van der Waals surface area contributed by atoms with Gasteiger partial charge in [-0.3, -0.25) is 10.3 Å². The molecule has 1 amide bonds. The number of nitrogens with zero attached hydrogens (tertiary/aromatic N) is 3. The fourth-order valence-corrected chi connectivity index (χ4v) is 3.22. The number of rotatable bonds is 4. The van der Waals surface area contributed by atoms with E-state index in [2.05, 4.69) is 30.2 Å². The van der Waals surface area contributed by atoms with Gasteiger partial charge in [-0.15, -0.1) is 24.0 Å². The van der Waals surface area contributed by atoms with Crippen molar-refractivity contribution in [1.82, 2.24) is 10.2 Å². The Morgan fingerprint density at radius 3 is 2.27 bits per heavy atom. The van der Waals surface area contributed by atoms with Crippen LogP contribution in [0, 0.1) is 5.82 Å². The Bertz CT molecular complexity index is 837. The van der Waals surface area contributed by atoms with Crippen molar-refractivity contribution in [3.63, 3.8) is 0 Å². The highest BCUT2D eigenvalue weighted by Gasteiger charge is 2.19. The van der Waals surface area contributed by atoms with Crippen molar-refractivity contribution in [3.05, 3.63) is 59.9 Å². The lowest BCUT2D eigenvalue weighted by Crippen LogP contribution is -2.52. The Kier molecular flexibility index (Phi) is 9.15. The fourth-order valence-electron chi connectivity index (χ4n) is 3.22. The van der Waals surface area contributed by atoms with Crippen LogP contribution in [0.4, 0.5) is 20.6 Å². The monoisotopic (exact) mass is 527 g/mol. The highest BCUT2D eigenvalue weighted by Crippen LogP contribution is 2.17. The lowest BCUT2D eigenvalue weighted by atomic mass is 10.2. The average Bonchev–Trinajstić information content (AvgIpc) is 2.76. The Hall–Kier alpha value is -2.56. The predicted molar refractivity (Wildman–Crippen MR) is 128 cm³/mol. The van der Waals surface area contributed by atoms with E-state index in [1.807, 2.05) is 36.4 Å². The number of ether oxygens (including phenoxy) is 1. The number of nitrogens with one attached hydrogen (secondary N) is 2. The molecule has 2 aromatic carbocycles. The van der Waals surface area contributed by atoms with Gasteiger partial charge in [0, 0.05) is 51.1 Å². The van der Waals surface area contributed by atoms with Gasteiger partial charge in [-0.1, -0.05) is 12.1 Å². The minimum Gasteiger partial charge on any atom is -0.453 e. The summed E-state index contributed by atoms with van der Waals surface area (Å²) < 4.78 is 17.7. The van der Waals surface area contributed by atoms with Crippen LogP contribution in [0.1, 0.15) is 5.56 Å². The standard InChI is InChI=1S/C21H26FN5O2.HI/c1-23-20(24-15-16-3-7-18(8-4-16)25-21(28)29-2)27-13-11-26(12-14-27)19-9-5-17(22)6-10-19;/h3-10H,11-15H2,1-2H3,(H,23,24)(H,25,28);1H. The number of carbonyl (C=O) groups excluding carboxylic acids is 1. The predicted octanol–water partition coefficient (Wildman–Crippen LogP) is 3.52. The van der Waals surface area contributed by atoms with Gasteiger partial charge in [-0.2, -0.15) is 0 Å². The van der Waals surface area contributed by atoms with Gasteiger partial charge in [0.05, 0.1) is 7.11 Å². The van der Waals surface area contributed by atoms with Crippen molar-refractivity contribution in [3.8, 4) is 0 Å². The number of carbonyl (C=O) groups is 1. The van der Waals surface area contributed by atoms with Gasteiger partial charge >= 0.3 is 6.09 Å². The molecule has 0 aromatic heterocycles. The van der Waals surface area contributed by atoms with Crippen LogP contribution in [0.15, 0.2) is 53.5 Å². The maximum atomic E-state index is 13.1. The molecule has 7 nitrogen and oxygen atoms in total. The number of aliphatic imine (C=N–C) groups is 1. The molecule has 2 N–H and O–H groups in total. The third-order valence-corrected chi connectivity index (χ3v) is 4.82. The minimum atomic E-state index is -0.490. The maximum absolute atomic E-state index is 13.1. The van der Waals surface area contributed by atoms with Gasteiger partial charge in [-0.25, -0.2) is 9.18 Å². The zero-order chi connectivity index (χ0) is 20.6. The van der Waals surface area contributed by atoms with Gasteiger partial charge < -0.3 is 19.9 Å². The molecule has 9 heteroatoms. The summed E-state index contributed by atoms with van der Waals surface area (Å²) in [6, 6.07) is 14.2. The number of hydrogen-bond acceptors (Lipinski definition) is 4. The molecule has 0 radical (unpaired) electrons. The van der Waals surface area contributed by atoms with Crippen LogP contribution in [0.3, 0.4) is 0 Å². The van der Waals surface area contributed by atoms with Gasteiger partial charge in [0.2, 0.25) is 0 Å². The molecular formula is C21H27FIN5O2. The largest absolute Gasteiger partial charge is 0.453 e. The smallest absolute Gasteiger partial charge is 0.411 e. The first-order valence-corrected chi connectivity index (χ1v) is 9.49. The number of methoxy groups -OCH3 is 1. The van der Waals surface area contributed by atoms with Gasteiger partial charge in [0.25, 0.3) is 0 Å². The first-order chi connectivity index (χ1) is 14.1. The van der Waals surface area contributed by atoms with Crippen molar-refractivity contribution in [2.24, 2.45) is 4.99 Å². The van der Waals surface area contributed by atoms with Crippen molar-refractivity contribution in [2.75, 3.05) is 50.6 Å². The third-order valence-electron chi connectivity index (χ3n) is 4.82. The van der Waals surface area contributed by atoms with E-state index in [-0.39, 0.29) is 29.8 Å². The second-order valence-electron chi connectivity index (χ2n) is 6.66. The molecule has 0 unspecified atom stereocenters. The third kappa shape index (κ3) is 6.48. The van der Waals surface area contributed by atoms with E-state index in [9.17, 15) is 9.18 Å². The molecule has 1 aliphatic heterocycles. The number of hydrogen-bond donors (Lipinski definition) is 2. The van der Waals surface area contributed by atoms with Crippen LogP contribution in [0.5, 0.6) is 0 Å². The Morgan fingerprint density at radius 2 is 1.70 bits per heavy atom. The summed E-state index contributed by atoms with van der Waals surface area (Å²) in [5.74, 6) is 0.631. The summed E-state index contributed by atoms with van der Waals surface area (Å²) in [6.07, 6.45) is -0.490. The summed E-state index contributed by atoms with van der Waals surface area (Å²) in [7, 11) is 3.11. The molecule has 2 aromatic rings. The molecule has 1 heterocycles. The maximum Gasteiger partial charge on any atom is 0.411 e. The van der Waals surface area contributed by atoms with E-state index >= 15 is 0 Å². The number of amides is 1. The van der Waals surface area contributed by atoms with Gasteiger partial charge in [0.15, 0.2) is 5.96 Å². The SMILES string of the molecule is CN=C(NCc1ccc(NC(=O)OC)cc1)N1CCN(c2ccc(F)cc2)CC1.I.